The van der Waals surface area contributed by atoms with E-state index in [1.807, 2.05) is 0 Å². The number of methoxy groups -OCH3 is 1. The molecule has 2 aromatic carbocycles. The Morgan fingerprint density at radius 3 is 2.29 bits per heavy atom. The molecule has 0 radical (unpaired) electrons. The molecule has 5 nitrogen and oxygen atoms in total. The number of benzene rings is 2. The number of rotatable bonds is 4. The van der Waals surface area contributed by atoms with Crippen molar-refractivity contribution in [3.63, 3.8) is 0 Å². The van der Waals surface area contributed by atoms with Gasteiger partial charge in [0.2, 0.25) is 5.88 Å². The average Bonchev–Trinajstić information content (AvgIpc) is 3.15. The van der Waals surface area contributed by atoms with Gasteiger partial charge >= 0.3 is 0 Å². The predicted octanol–water partition coefficient (Wildman–Crippen LogP) is 5.11. The lowest BCUT2D eigenvalue weighted by Crippen LogP contribution is -2.30. The molecule has 1 N–H and O–H groups in total. The second kappa shape index (κ2) is 7.57. The van der Waals surface area contributed by atoms with E-state index in [4.69, 9.17) is 4.74 Å². The molecule has 0 aliphatic carbocycles. The summed E-state index contributed by atoms with van der Waals surface area (Å²) in [5.74, 6) is -4.46. The van der Waals surface area contributed by atoms with Crippen molar-refractivity contribution in [2.75, 3.05) is 14.2 Å². The molecule has 1 atom stereocenters. The van der Waals surface area contributed by atoms with E-state index in [2.05, 4.69) is 9.97 Å². The van der Waals surface area contributed by atoms with Crippen LogP contribution in [-0.2, 0) is 0 Å². The van der Waals surface area contributed by atoms with Gasteiger partial charge in [0.25, 0.3) is 5.91 Å². The largest absolute Gasteiger partial charge is 0.481 e. The number of carbonyl (C=O) groups excluding carboxylic acids is 1. The molecule has 0 spiro atoms. The van der Waals surface area contributed by atoms with Crippen LogP contribution < -0.4 is 4.74 Å². The fourth-order valence-electron chi connectivity index (χ4n) is 3.54. The minimum absolute atomic E-state index is 0.123. The molecule has 0 fully saturated rings. The van der Waals surface area contributed by atoms with Gasteiger partial charge in [0, 0.05) is 41.2 Å². The normalized spacial score (nSPS) is 12.4. The number of nitrogens with zero attached hydrogens (tertiary/aromatic N) is 2. The minimum atomic E-state index is -1.04. The number of hydrogen-bond donors (Lipinski definition) is 1. The van der Waals surface area contributed by atoms with Crippen LogP contribution in [0.25, 0.3) is 21.7 Å². The second-order valence-corrected chi connectivity index (χ2v) is 7.16. The molecular formula is C22H17F4N3O2. The zero-order valence-electron chi connectivity index (χ0n) is 16.8. The molecule has 4 rings (SSSR count). The molecule has 0 unspecified atom stereocenters. The summed E-state index contributed by atoms with van der Waals surface area (Å²) < 4.78 is 59.8. The molecule has 0 aliphatic rings. The summed E-state index contributed by atoms with van der Waals surface area (Å²) in [7, 11) is 2.89. The number of fused-ring (bicyclic) bond motifs is 2. The summed E-state index contributed by atoms with van der Waals surface area (Å²) in [6.07, 6.45) is 1.43. The van der Waals surface area contributed by atoms with Crippen molar-refractivity contribution in [1.82, 2.24) is 14.9 Å². The van der Waals surface area contributed by atoms with Gasteiger partial charge in [-0.1, -0.05) is 0 Å². The highest BCUT2D eigenvalue weighted by Gasteiger charge is 2.24. The van der Waals surface area contributed by atoms with Crippen LogP contribution in [0.3, 0.4) is 0 Å². The SMILES string of the molecule is COc1ncc([C@@H](C)N(C)C(=O)c2cc3cc(F)c(F)cc3[nH]2)c2cc(F)c(F)cc12. The van der Waals surface area contributed by atoms with Crippen LogP contribution in [0.15, 0.2) is 36.5 Å². The fraction of sp³-hybridized carbons (Fsp3) is 0.182. The Morgan fingerprint density at radius 2 is 1.61 bits per heavy atom. The highest BCUT2D eigenvalue weighted by molar-refractivity contribution is 5.98. The number of aromatic amines is 1. The van der Waals surface area contributed by atoms with Crippen LogP contribution in [0.1, 0.15) is 29.0 Å². The van der Waals surface area contributed by atoms with Crippen LogP contribution in [0.2, 0.25) is 0 Å². The van der Waals surface area contributed by atoms with Crippen LogP contribution in [-0.4, -0.2) is 34.9 Å². The van der Waals surface area contributed by atoms with E-state index < -0.39 is 35.2 Å². The molecule has 4 aromatic rings. The van der Waals surface area contributed by atoms with Crippen LogP contribution in [0, 0.1) is 23.3 Å². The topological polar surface area (TPSA) is 58.2 Å². The summed E-state index contributed by atoms with van der Waals surface area (Å²) >= 11 is 0. The Hall–Kier alpha value is -3.62. The van der Waals surface area contributed by atoms with Crippen molar-refractivity contribution in [3.8, 4) is 5.88 Å². The van der Waals surface area contributed by atoms with Gasteiger partial charge in [-0.15, -0.1) is 0 Å². The van der Waals surface area contributed by atoms with Gasteiger partial charge < -0.3 is 14.6 Å². The van der Waals surface area contributed by atoms with Crippen molar-refractivity contribution in [2.45, 2.75) is 13.0 Å². The Balaban J connectivity index is 1.74. The van der Waals surface area contributed by atoms with Crippen LogP contribution in [0.4, 0.5) is 17.6 Å². The van der Waals surface area contributed by atoms with E-state index in [1.54, 1.807) is 6.92 Å². The highest BCUT2D eigenvalue weighted by atomic mass is 19.2. The molecule has 31 heavy (non-hydrogen) atoms. The van der Waals surface area contributed by atoms with Crippen molar-refractivity contribution in [2.24, 2.45) is 0 Å². The standard InChI is InChI=1S/C22H17F4N3O2/c1-10(14-9-27-21(31-3)13-7-17(25)16(24)6-12(13)14)29(2)22(30)20-5-11-4-15(23)18(26)8-19(11)28-20/h4-10,28H,1-3H3/t10-/m1/s1. The lowest BCUT2D eigenvalue weighted by atomic mass is 10.0. The highest BCUT2D eigenvalue weighted by Crippen LogP contribution is 2.33. The first-order valence-electron chi connectivity index (χ1n) is 9.27. The van der Waals surface area contributed by atoms with Crippen molar-refractivity contribution in [1.29, 1.82) is 0 Å². The maximum Gasteiger partial charge on any atom is 0.270 e. The average molecular weight is 431 g/mol. The zero-order chi connectivity index (χ0) is 22.4. The van der Waals surface area contributed by atoms with Crippen molar-refractivity contribution in [3.05, 3.63) is 71.1 Å². The van der Waals surface area contributed by atoms with E-state index in [-0.39, 0.29) is 22.5 Å². The van der Waals surface area contributed by atoms with E-state index in [1.165, 1.54) is 31.3 Å². The maximum absolute atomic E-state index is 14.0. The quantitative estimate of drug-likeness (QED) is 0.457. The number of carbonyl (C=O) groups is 1. The lowest BCUT2D eigenvalue weighted by molar-refractivity contribution is 0.0738. The van der Waals surface area contributed by atoms with Gasteiger partial charge in [-0.2, -0.15) is 0 Å². The maximum atomic E-state index is 14.0. The molecule has 0 saturated heterocycles. The number of hydrogen-bond acceptors (Lipinski definition) is 3. The number of H-pyrrole nitrogens is 1. The van der Waals surface area contributed by atoms with Crippen molar-refractivity contribution < 1.29 is 27.1 Å². The molecule has 0 bridgehead atoms. The lowest BCUT2D eigenvalue weighted by Gasteiger charge is -2.26. The monoisotopic (exact) mass is 431 g/mol. The number of amides is 1. The number of halogens is 4. The van der Waals surface area contributed by atoms with Gasteiger partial charge in [-0.25, -0.2) is 22.5 Å². The molecule has 2 aromatic heterocycles. The fourth-order valence-corrected chi connectivity index (χ4v) is 3.54. The van der Waals surface area contributed by atoms with Gasteiger partial charge in [-0.3, -0.25) is 4.79 Å². The Labute approximate surface area is 174 Å². The molecule has 1 amide bonds. The van der Waals surface area contributed by atoms with Crippen LogP contribution in [0.5, 0.6) is 5.88 Å². The third-order valence-electron chi connectivity index (χ3n) is 5.36. The molecule has 0 aliphatic heterocycles. The number of pyridine rings is 1. The smallest absolute Gasteiger partial charge is 0.270 e. The Bertz CT molecular complexity index is 1300. The molecule has 160 valence electrons. The summed E-state index contributed by atoms with van der Waals surface area (Å²) in [5.41, 5.74) is 0.869. The predicted molar refractivity (Wildman–Crippen MR) is 107 cm³/mol. The minimum Gasteiger partial charge on any atom is -0.481 e. The molecule has 0 saturated carbocycles. The first-order valence-corrected chi connectivity index (χ1v) is 9.27. The summed E-state index contributed by atoms with van der Waals surface area (Å²) in [6.45, 7) is 1.70. The molecule has 2 heterocycles. The third kappa shape index (κ3) is 3.45. The molecule has 9 heteroatoms. The number of ether oxygens (including phenoxy) is 1. The van der Waals surface area contributed by atoms with E-state index in [9.17, 15) is 22.4 Å². The summed E-state index contributed by atoms with van der Waals surface area (Å²) in [5, 5.41) is 0.958. The van der Waals surface area contributed by atoms with Gasteiger partial charge in [-0.05, 0) is 36.6 Å². The van der Waals surface area contributed by atoms with Crippen molar-refractivity contribution >= 4 is 27.6 Å². The van der Waals surface area contributed by atoms with E-state index >= 15 is 0 Å². The zero-order valence-corrected chi connectivity index (χ0v) is 16.8. The van der Waals surface area contributed by atoms with Crippen LogP contribution >= 0.6 is 0 Å². The molecular weight excluding hydrogens is 414 g/mol. The van der Waals surface area contributed by atoms with Gasteiger partial charge in [0.1, 0.15) is 5.69 Å². The van der Waals surface area contributed by atoms with Gasteiger partial charge in [0.15, 0.2) is 23.3 Å². The Morgan fingerprint density at radius 1 is 1.00 bits per heavy atom. The second-order valence-electron chi connectivity index (χ2n) is 7.16. The number of nitrogens with one attached hydrogen (secondary N) is 1. The van der Waals surface area contributed by atoms with E-state index in [0.29, 0.717) is 16.3 Å². The first-order chi connectivity index (χ1) is 14.7. The van der Waals surface area contributed by atoms with Gasteiger partial charge in [0.05, 0.1) is 13.2 Å². The van der Waals surface area contributed by atoms with E-state index in [0.717, 1.165) is 24.3 Å². The third-order valence-corrected chi connectivity index (χ3v) is 5.36. The summed E-state index contributed by atoms with van der Waals surface area (Å²) in [4.78, 5) is 21.3. The summed E-state index contributed by atoms with van der Waals surface area (Å²) in [6, 6.07) is 4.83. The first kappa shape index (κ1) is 20.6. The Kier molecular flexibility index (Phi) is 5.04. The number of aromatic nitrogens is 2.